The third kappa shape index (κ3) is 5.59. The van der Waals surface area contributed by atoms with Gasteiger partial charge in [0.2, 0.25) is 10.0 Å². The van der Waals surface area contributed by atoms with E-state index in [0.717, 1.165) is 28.2 Å². The molecule has 0 amide bonds. The topological polar surface area (TPSA) is 96.6 Å². The molecule has 0 saturated carbocycles. The largest absolute Gasteiger partial charge is 0.356 e. The van der Waals surface area contributed by atoms with Gasteiger partial charge in [-0.3, -0.25) is 4.99 Å². The van der Waals surface area contributed by atoms with E-state index in [2.05, 4.69) is 15.6 Å². The smallest absolute Gasteiger partial charge is 0.247 e. The third-order valence-electron chi connectivity index (χ3n) is 3.19. The molecule has 0 aliphatic rings. The van der Waals surface area contributed by atoms with Crippen molar-refractivity contribution >= 4 is 27.3 Å². The lowest BCUT2D eigenvalue weighted by molar-refractivity contribution is 0.600. The summed E-state index contributed by atoms with van der Waals surface area (Å²) in [4.78, 5) is 4.93. The summed E-state index contributed by atoms with van der Waals surface area (Å²) in [7, 11) is -2.01. The van der Waals surface area contributed by atoms with E-state index in [9.17, 15) is 12.8 Å². The third-order valence-corrected chi connectivity index (χ3v) is 5.71. The van der Waals surface area contributed by atoms with Crippen LogP contribution in [0.4, 0.5) is 4.39 Å². The Hall–Kier alpha value is -1.97. The van der Waals surface area contributed by atoms with E-state index < -0.39 is 10.0 Å². The Morgan fingerprint density at radius 3 is 2.50 bits per heavy atom. The van der Waals surface area contributed by atoms with Crippen molar-refractivity contribution < 1.29 is 12.8 Å². The Labute approximate surface area is 144 Å². The van der Waals surface area contributed by atoms with Gasteiger partial charge < -0.3 is 10.6 Å². The zero-order valence-electron chi connectivity index (χ0n) is 13.1. The van der Waals surface area contributed by atoms with Crippen molar-refractivity contribution in [2.24, 2.45) is 10.1 Å². The highest BCUT2D eigenvalue weighted by Gasteiger charge is 2.11. The minimum Gasteiger partial charge on any atom is -0.356 e. The van der Waals surface area contributed by atoms with E-state index in [0.29, 0.717) is 19.0 Å². The molecular formula is C15H19FN4O2S2. The van der Waals surface area contributed by atoms with E-state index >= 15 is 0 Å². The number of benzene rings is 1. The fourth-order valence-electron chi connectivity index (χ4n) is 1.97. The maximum atomic E-state index is 12.8. The minimum atomic E-state index is -3.66. The number of hydrogen-bond donors (Lipinski definition) is 3. The van der Waals surface area contributed by atoms with Crippen LogP contribution >= 0.6 is 11.3 Å². The number of rotatable bonds is 6. The van der Waals surface area contributed by atoms with Crippen molar-refractivity contribution in [2.75, 3.05) is 13.6 Å². The molecule has 0 bridgehead atoms. The van der Waals surface area contributed by atoms with Gasteiger partial charge in [0.05, 0.1) is 6.54 Å². The van der Waals surface area contributed by atoms with Gasteiger partial charge in [-0.25, -0.2) is 17.9 Å². The summed E-state index contributed by atoms with van der Waals surface area (Å²) < 4.78 is 35.5. The van der Waals surface area contributed by atoms with Gasteiger partial charge in [0.25, 0.3) is 0 Å². The van der Waals surface area contributed by atoms with Crippen LogP contribution in [0.25, 0.3) is 0 Å². The first-order chi connectivity index (χ1) is 11.4. The summed E-state index contributed by atoms with van der Waals surface area (Å²) >= 11 is 1.12. The lowest BCUT2D eigenvalue weighted by atomic mass is 10.1. The zero-order chi connectivity index (χ0) is 17.6. The second-order valence-electron chi connectivity index (χ2n) is 4.99. The Morgan fingerprint density at radius 2 is 1.92 bits per heavy atom. The van der Waals surface area contributed by atoms with E-state index in [1.54, 1.807) is 25.2 Å². The van der Waals surface area contributed by atoms with Crippen LogP contribution in [0, 0.1) is 5.82 Å². The number of thiophene rings is 1. The number of aliphatic imine (C=N–C) groups is 1. The Morgan fingerprint density at radius 1 is 1.21 bits per heavy atom. The number of halogens is 1. The van der Waals surface area contributed by atoms with E-state index in [4.69, 9.17) is 5.14 Å². The van der Waals surface area contributed by atoms with Crippen LogP contribution in [0.1, 0.15) is 10.4 Å². The number of nitrogens with zero attached hydrogens (tertiary/aromatic N) is 1. The maximum absolute atomic E-state index is 12.8. The van der Waals surface area contributed by atoms with Crippen LogP contribution in [0.15, 0.2) is 45.6 Å². The molecule has 24 heavy (non-hydrogen) atoms. The highest BCUT2D eigenvalue weighted by molar-refractivity contribution is 7.91. The fourth-order valence-corrected chi connectivity index (χ4v) is 3.69. The number of primary sulfonamides is 1. The molecule has 0 atom stereocenters. The molecule has 4 N–H and O–H groups in total. The zero-order valence-corrected chi connectivity index (χ0v) is 14.8. The standard InChI is InChI=1S/C15H19FN4O2S2/c1-18-15(19-9-8-11-2-4-12(16)5-3-11)20-10-13-6-7-14(23-13)24(17,21)22/h2-7H,8-10H2,1H3,(H2,17,21,22)(H2,18,19,20). The average molecular weight is 370 g/mol. The summed E-state index contributed by atoms with van der Waals surface area (Å²) in [6, 6.07) is 9.55. The van der Waals surface area contributed by atoms with Crippen molar-refractivity contribution in [3.8, 4) is 0 Å². The molecule has 0 aliphatic heterocycles. The van der Waals surface area contributed by atoms with Gasteiger partial charge in [-0.1, -0.05) is 12.1 Å². The van der Waals surface area contributed by atoms with E-state index in [1.165, 1.54) is 18.2 Å². The van der Waals surface area contributed by atoms with Crippen molar-refractivity contribution in [3.63, 3.8) is 0 Å². The van der Waals surface area contributed by atoms with Crippen LogP contribution in [0.5, 0.6) is 0 Å². The Kier molecular flexibility index (Phi) is 6.29. The average Bonchev–Trinajstić information content (AvgIpc) is 3.01. The highest BCUT2D eigenvalue weighted by Crippen LogP contribution is 2.19. The number of nitrogens with one attached hydrogen (secondary N) is 2. The predicted octanol–water partition coefficient (Wildman–Crippen LogP) is 1.44. The van der Waals surface area contributed by atoms with Crippen LogP contribution in [0.2, 0.25) is 0 Å². The van der Waals surface area contributed by atoms with E-state index in [1.807, 2.05) is 0 Å². The molecule has 0 aliphatic carbocycles. The molecule has 9 heteroatoms. The molecule has 1 aromatic carbocycles. The fraction of sp³-hybridized carbons (Fsp3) is 0.267. The molecule has 0 saturated heterocycles. The van der Waals surface area contributed by atoms with Crippen LogP contribution in [-0.4, -0.2) is 28.0 Å². The van der Waals surface area contributed by atoms with Crippen molar-refractivity contribution in [1.82, 2.24) is 10.6 Å². The molecular weight excluding hydrogens is 351 g/mol. The first-order valence-electron chi connectivity index (χ1n) is 7.19. The van der Waals surface area contributed by atoms with Crippen molar-refractivity contribution in [3.05, 3.63) is 52.7 Å². The summed E-state index contributed by atoms with van der Waals surface area (Å²) in [5.41, 5.74) is 1.02. The molecule has 6 nitrogen and oxygen atoms in total. The first-order valence-corrected chi connectivity index (χ1v) is 9.55. The summed E-state index contributed by atoms with van der Waals surface area (Å²) in [5.74, 6) is 0.349. The van der Waals surface area contributed by atoms with Gasteiger partial charge in [0.1, 0.15) is 10.0 Å². The lowest BCUT2D eigenvalue weighted by Gasteiger charge is -2.11. The van der Waals surface area contributed by atoms with Gasteiger partial charge in [-0.15, -0.1) is 11.3 Å². The molecule has 0 fully saturated rings. The lowest BCUT2D eigenvalue weighted by Crippen LogP contribution is -2.37. The monoisotopic (exact) mass is 370 g/mol. The van der Waals surface area contributed by atoms with Crippen LogP contribution in [-0.2, 0) is 23.0 Å². The van der Waals surface area contributed by atoms with Gasteiger partial charge in [-0.05, 0) is 36.2 Å². The molecule has 1 aromatic heterocycles. The number of guanidine groups is 1. The Balaban J connectivity index is 1.80. The first kappa shape index (κ1) is 18.4. The van der Waals surface area contributed by atoms with E-state index in [-0.39, 0.29) is 10.0 Å². The van der Waals surface area contributed by atoms with Gasteiger partial charge >= 0.3 is 0 Å². The number of nitrogens with two attached hydrogens (primary N) is 1. The Bertz CT molecular complexity index is 801. The second kappa shape index (κ2) is 8.22. The normalized spacial score (nSPS) is 12.2. The molecule has 0 radical (unpaired) electrons. The highest BCUT2D eigenvalue weighted by atomic mass is 32.2. The van der Waals surface area contributed by atoms with Crippen molar-refractivity contribution in [1.29, 1.82) is 0 Å². The molecule has 0 spiro atoms. The molecule has 2 aromatic rings. The second-order valence-corrected chi connectivity index (χ2v) is 7.95. The molecule has 130 valence electrons. The maximum Gasteiger partial charge on any atom is 0.247 e. The number of sulfonamides is 1. The van der Waals surface area contributed by atoms with Crippen LogP contribution in [0.3, 0.4) is 0 Å². The molecule has 2 rings (SSSR count). The summed E-state index contributed by atoms with van der Waals surface area (Å²) in [5, 5.41) is 11.3. The molecule has 0 unspecified atom stereocenters. The number of hydrogen-bond acceptors (Lipinski definition) is 4. The molecule has 1 heterocycles. The summed E-state index contributed by atoms with van der Waals surface area (Å²) in [6.45, 7) is 1.08. The SMILES string of the molecule is CN=C(NCCc1ccc(F)cc1)NCc1ccc(S(N)(=O)=O)s1. The van der Waals surface area contributed by atoms with Crippen molar-refractivity contribution in [2.45, 2.75) is 17.2 Å². The predicted molar refractivity (Wildman–Crippen MR) is 94.0 cm³/mol. The van der Waals surface area contributed by atoms with Crippen LogP contribution < -0.4 is 15.8 Å². The summed E-state index contributed by atoms with van der Waals surface area (Å²) in [6.07, 6.45) is 0.732. The van der Waals surface area contributed by atoms with Gasteiger partial charge in [0, 0.05) is 18.5 Å². The quantitative estimate of drug-likeness (QED) is 0.529. The van der Waals surface area contributed by atoms with Gasteiger partial charge in [0.15, 0.2) is 5.96 Å². The minimum absolute atomic E-state index is 0.138. The van der Waals surface area contributed by atoms with Gasteiger partial charge in [-0.2, -0.15) is 0 Å².